The lowest BCUT2D eigenvalue weighted by molar-refractivity contribution is 0.154. The minimum absolute atomic E-state index is 0.00162. The quantitative estimate of drug-likeness (QED) is 0.676. The van der Waals surface area contributed by atoms with E-state index in [9.17, 15) is 4.39 Å². The summed E-state index contributed by atoms with van der Waals surface area (Å²) in [5, 5.41) is 8.46. The molecule has 0 aromatic heterocycles. The molecule has 0 saturated carbocycles. The van der Waals surface area contributed by atoms with E-state index < -0.39 is 5.82 Å². The first-order valence-corrected chi connectivity index (χ1v) is 3.77. The molecule has 70 valence electrons. The molecule has 13 heavy (non-hydrogen) atoms. The number of benzene rings is 1. The zero-order chi connectivity index (χ0) is 9.26. The summed E-state index contributed by atoms with van der Waals surface area (Å²) in [5.74, 6) is 0.444. The average Bonchev–Trinajstić information content (AvgIpc) is 2.58. The van der Waals surface area contributed by atoms with Crippen LogP contribution in [0.5, 0.6) is 11.5 Å². The number of halogens is 1. The molecule has 5 heteroatoms. The third-order valence-corrected chi connectivity index (χ3v) is 1.84. The number of ether oxygens (including phenoxy) is 2. The number of nitrogens with one attached hydrogen (secondary N) is 1. The first kappa shape index (κ1) is 8.28. The topological polar surface area (TPSA) is 50.7 Å². The highest BCUT2D eigenvalue weighted by atomic mass is 19.1. The predicted molar refractivity (Wildman–Crippen MR) is 41.1 cm³/mol. The van der Waals surface area contributed by atoms with Crippen molar-refractivity contribution in [1.82, 2.24) is 5.48 Å². The summed E-state index contributed by atoms with van der Waals surface area (Å²) in [6.07, 6.45) is 0. The van der Waals surface area contributed by atoms with Gasteiger partial charge in [0.15, 0.2) is 11.5 Å². The van der Waals surface area contributed by atoms with Crippen molar-refractivity contribution in [2.75, 3.05) is 6.79 Å². The van der Waals surface area contributed by atoms with Gasteiger partial charge in [0.25, 0.3) is 0 Å². The van der Waals surface area contributed by atoms with Crippen molar-refractivity contribution >= 4 is 0 Å². The number of fused-ring (bicyclic) bond motifs is 1. The smallest absolute Gasteiger partial charge is 0.231 e. The Balaban J connectivity index is 2.45. The van der Waals surface area contributed by atoms with Gasteiger partial charge in [0.2, 0.25) is 6.79 Å². The Bertz CT molecular complexity index is 329. The van der Waals surface area contributed by atoms with Gasteiger partial charge in [0.1, 0.15) is 5.82 Å². The van der Waals surface area contributed by atoms with Crippen LogP contribution < -0.4 is 15.0 Å². The molecule has 1 aliphatic heterocycles. The van der Waals surface area contributed by atoms with Crippen LogP contribution >= 0.6 is 0 Å². The maximum atomic E-state index is 13.1. The summed E-state index contributed by atoms with van der Waals surface area (Å²) in [4.78, 5) is 0. The van der Waals surface area contributed by atoms with Crippen molar-refractivity contribution < 1.29 is 19.1 Å². The zero-order valence-electron chi connectivity index (χ0n) is 6.71. The molecule has 1 aromatic rings. The molecule has 0 amide bonds. The van der Waals surface area contributed by atoms with E-state index in [2.05, 4.69) is 0 Å². The van der Waals surface area contributed by atoms with Gasteiger partial charge in [-0.1, -0.05) is 0 Å². The Morgan fingerprint density at radius 2 is 2.31 bits per heavy atom. The van der Waals surface area contributed by atoms with Crippen LogP contribution in [0.2, 0.25) is 0 Å². The van der Waals surface area contributed by atoms with Crippen molar-refractivity contribution in [2.24, 2.45) is 0 Å². The molecular weight excluding hydrogens is 177 g/mol. The van der Waals surface area contributed by atoms with E-state index in [0.717, 1.165) is 0 Å². The lowest BCUT2D eigenvalue weighted by atomic mass is 10.2. The standard InChI is InChI=1S/C8H8FNO3/c9-6-1-2-7-8(13-4-12-7)5(6)3-10-11/h1-2,10-11H,3-4H2. The molecule has 0 bridgehead atoms. The first-order chi connectivity index (χ1) is 6.33. The molecule has 1 aliphatic rings. The van der Waals surface area contributed by atoms with E-state index in [1.54, 1.807) is 0 Å². The monoisotopic (exact) mass is 185 g/mol. The van der Waals surface area contributed by atoms with Crippen molar-refractivity contribution in [3.8, 4) is 11.5 Å². The van der Waals surface area contributed by atoms with Crippen LogP contribution in [-0.4, -0.2) is 12.0 Å². The van der Waals surface area contributed by atoms with E-state index in [0.29, 0.717) is 11.5 Å². The predicted octanol–water partition coefficient (Wildman–Crippen LogP) is 1.03. The van der Waals surface area contributed by atoms with Gasteiger partial charge in [-0.2, -0.15) is 0 Å². The second kappa shape index (κ2) is 3.20. The molecule has 0 radical (unpaired) electrons. The summed E-state index contributed by atoms with van der Waals surface area (Å²) in [7, 11) is 0. The average molecular weight is 185 g/mol. The van der Waals surface area contributed by atoms with Gasteiger partial charge in [-0.15, -0.1) is 0 Å². The second-order valence-electron chi connectivity index (χ2n) is 2.59. The summed E-state index contributed by atoms with van der Waals surface area (Å²) in [6.45, 7) is 0.0928. The van der Waals surface area contributed by atoms with Crippen LogP contribution in [0.1, 0.15) is 5.56 Å². The molecule has 2 rings (SSSR count). The Labute approximate surface area is 73.8 Å². The van der Waals surface area contributed by atoms with Crippen LogP contribution in [0.15, 0.2) is 12.1 Å². The lowest BCUT2D eigenvalue weighted by Crippen LogP contribution is -2.08. The lowest BCUT2D eigenvalue weighted by Gasteiger charge is -2.05. The van der Waals surface area contributed by atoms with Crippen LogP contribution in [0, 0.1) is 5.82 Å². The van der Waals surface area contributed by atoms with Crippen molar-refractivity contribution in [1.29, 1.82) is 0 Å². The minimum atomic E-state index is -0.425. The summed E-state index contributed by atoms with van der Waals surface area (Å²) < 4.78 is 23.2. The molecule has 1 aromatic carbocycles. The molecule has 0 spiro atoms. The normalized spacial score (nSPS) is 13.4. The van der Waals surface area contributed by atoms with E-state index in [-0.39, 0.29) is 18.9 Å². The SMILES string of the molecule is ONCc1c(F)ccc2c1OCO2. The molecule has 0 atom stereocenters. The maximum Gasteiger partial charge on any atom is 0.231 e. The Kier molecular flexibility index (Phi) is 2.03. The largest absolute Gasteiger partial charge is 0.454 e. The van der Waals surface area contributed by atoms with Crippen LogP contribution in [0.4, 0.5) is 4.39 Å². The van der Waals surface area contributed by atoms with Gasteiger partial charge in [0, 0.05) is 0 Å². The Hall–Kier alpha value is -1.33. The maximum absolute atomic E-state index is 13.1. The number of rotatable bonds is 2. The molecule has 0 unspecified atom stereocenters. The number of hydroxylamine groups is 1. The van der Waals surface area contributed by atoms with Crippen molar-refractivity contribution in [3.05, 3.63) is 23.5 Å². The summed E-state index contributed by atoms with van der Waals surface area (Å²) in [5.41, 5.74) is 2.15. The Morgan fingerprint density at radius 3 is 3.08 bits per heavy atom. The third-order valence-electron chi connectivity index (χ3n) is 1.84. The summed E-state index contributed by atoms with van der Waals surface area (Å²) >= 11 is 0. The fourth-order valence-corrected chi connectivity index (χ4v) is 1.25. The molecule has 2 N–H and O–H groups in total. The highest BCUT2D eigenvalue weighted by Crippen LogP contribution is 2.36. The molecule has 0 saturated heterocycles. The van der Waals surface area contributed by atoms with E-state index in [1.165, 1.54) is 12.1 Å². The second-order valence-corrected chi connectivity index (χ2v) is 2.59. The number of hydrogen-bond acceptors (Lipinski definition) is 4. The molecule has 0 aliphatic carbocycles. The fourth-order valence-electron chi connectivity index (χ4n) is 1.25. The minimum Gasteiger partial charge on any atom is -0.454 e. The van der Waals surface area contributed by atoms with Gasteiger partial charge in [-0.25, -0.2) is 9.87 Å². The van der Waals surface area contributed by atoms with E-state index >= 15 is 0 Å². The Morgan fingerprint density at radius 1 is 1.46 bits per heavy atom. The first-order valence-electron chi connectivity index (χ1n) is 3.77. The molecule has 4 nitrogen and oxygen atoms in total. The van der Waals surface area contributed by atoms with E-state index in [4.69, 9.17) is 14.7 Å². The molecule has 1 heterocycles. The van der Waals surface area contributed by atoms with Crippen LogP contribution in [0.25, 0.3) is 0 Å². The van der Waals surface area contributed by atoms with Crippen LogP contribution in [-0.2, 0) is 6.54 Å². The molecular formula is C8H8FNO3. The third kappa shape index (κ3) is 1.32. The van der Waals surface area contributed by atoms with Crippen molar-refractivity contribution in [3.63, 3.8) is 0 Å². The van der Waals surface area contributed by atoms with Gasteiger partial charge in [-0.3, -0.25) is 0 Å². The van der Waals surface area contributed by atoms with Gasteiger partial charge >= 0.3 is 0 Å². The fraction of sp³-hybridized carbons (Fsp3) is 0.250. The van der Waals surface area contributed by atoms with Crippen LogP contribution in [0.3, 0.4) is 0 Å². The summed E-state index contributed by atoms with van der Waals surface area (Å²) in [6, 6.07) is 2.78. The van der Waals surface area contributed by atoms with Gasteiger partial charge < -0.3 is 14.7 Å². The van der Waals surface area contributed by atoms with E-state index in [1.807, 2.05) is 5.48 Å². The highest BCUT2D eigenvalue weighted by molar-refractivity contribution is 5.48. The zero-order valence-corrected chi connectivity index (χ0v) is 6.71. The molecule has 0 fully saturated rings. The van der Waals surface area contributed by atoms with Gasteiger partial charge in [-0.05, 0) is 12.1 Å². The van der Waals surface area contributed by atoms with Gasteiger partial charge in [0.05, 0.1) is 12.1 Å². The number of hydrogen-bond donors (Lipinski definition) is 2. The van der Waals surface area contributed by atoms with Crippen molar-refractivity contribution in [2.45, 2.75) is 6.54 Å². The highest BCUT2D eigenvalue weighted by Gasteiger charge is 2.20.